The molecule has 0 spiro atoms. The van der Waals surface area contributed by atoms with Gasteiger partial charge in [0.2, 0.25) is 5.91 Å². The summed E-state index contributed by atoms with van der Waals surface area (Å²) < 4.78 is 17.2. The molecule has 0 unspecified atom stereocenters. The Balaban J connectivity index is 1.05. The second-order valence-corrected chi connectivity index (χ2v) is 11.3. The van der Waals surface area contributed by atoms with E-state index in [0.717, 1.165) is 105 Å². The van der Waals surface area contributed by atoms with E-state index in [1.807, 2.05) is 29.2 Å². The fourth-order valence-electron chi connectivity index (χ4n) is 5.11. The van der Waals surface area contributed by atoms with Crippen molar-refractivity contribution in [2.24, 2.45) is 0 Å². The topological polar surface area (TPSA) is 106 Å². The summed E-state index contributed by atoms with van der Waals surface area (Å²) in [5, 5.41) is 8.66. The number of anilines is 1. The smallest absolute Gasteiger partial charge is 0.222 e. The summed E-state index contributed by atoms with van der Waals surface area (Å²) in [6.07, 6.45) is 9.53. The number of aromatic amines is 1. The lowest BCUT2D eigenvalue weighted by Crippen LogP contribution is -2.49. The molecule has 1 N–H and O–H groups in total. The van der Waals surface area contributed by atoms with Crippen molar-refractivity contribution in [2.45, 2.75) is 70.8 Å². The number of hydrogen-bond acceptors (Lipinski definition) is 8. The van der Waals surface area contributed by atoms with E-state index in [9.17, 15) is 4.79 Å². The Morgan fingerprint density at radius 1 is 0.951 bits per heavy atom. The summed E-state index contributed by atoms with van der Waals surface area (Å²) in [5.74, 6) is 1.96. The molecule has 10 heteroatoms. The van der Waals surface area contributed by atoms with Gasteiger partial charge in [-0.15, -0.1) is 0 Å². The standard InChI is InChI=1S/C31H44N6O4/c1-3-17-39-19-20-40-18-7-5-4-6-8-29(38)37-15-13-36(14-16-37)28-22-27(32-23-33-28)30-25-21-24(41-31(2)11-12-31)9-10-26(25)34-35-30/h9-10,21-23H,3-8,11-20H2,1-2H3,(H,34,35). The number of amides is 1. The molecule has 2 fully saturated rings. The second kappa shape index (κ2) is 14.1. The van der Waals surface area contributed by atoms with Gasteiger partial charge in [0.1, 0.15) is 29.2 Å². The molecule has 1 aliphatic carbocycles. The van der Waals surface area contributed by atoms with E-state index < -0.39 is 0 Å². The number of piperazine rings is 1. The average molecular weight is 565 g/mol. The van der Waals surface area contributed by atoms with Crippen LogP contribution in [0.3, 0.4) is 0 Å². The van der Waals surface area contributed by atoms with Gasteiger partial charge in [-0.1, -0.05) is 19.8 Å². The maximum atomic E-state index is 12.8. The Labute approximate surface area is 242 Å². The number of unbranched alkanes of at least 4 members (excludes halogenated alkanes) is 3. The molecule has 3 aromatic rings. The molecule has 1 saturated carbocycles. The zero-order valence-electron chi connectivity index (χ0n) is 24.6. The van der Waals surface area contributed by atoms with Gasteiger partial charge in [0.05, 0.1) is 24.4 Å². The van der Waals surface area contributed by atoms with Crippen LogP contribution in [-0.2, 0) is 14.3 Å². The normalized spacial score (nSPS) is 16.3. The van der Waals surface area contributed by atoms with Gasteiger partial charge in [0.25, 0.3) is 0 Å². The predicted octanol–water partition coefficient (Wildman–Crippen LogP) is 4.99. The van der Waals surface area contributed by atoms with Gasteiger partial charge in [-0.05, 0) is 57.2 Å². The SMILES string of the molecule is CCCOCCOCCCCCCC(=O)N1CCN(c2cc(-c3n[nH]c4ccc(OC5(C)CC5)cc34)ncn2)CC1. The molecule has 222 valence electrons. The summed E-state index contributed by atoms with van der Waals surface area (Å²) >= 11 is 0. The zero-order chi connectivity index (χ0) is 28.5. The van der Waals surface area contributed by atoms with Gasteiger partial charge in [-0.2, -0.15) is 5.10 Å². The van der Waals surface area contributed by atoms with Gasteiger partial charge < -0.3 is 24.0 Å². The number of hydrogen-bond donors (Lipinski definition) is 1. The van der Waals surface area contributed by atoms with E-state index in [0.29, 0.717) is 32.7 Å². The van der Waals surface area contributed by atoms with Crippen LogP contribution in [0.15, 0.2) is 30.6 Å². The van der Waals surface area contributed by atoms with Crippen molar-refractivity contribution >= 4 is 22.6 Å². The third-order valence-electron chi connectivity index (χ3n) is 7.85. The number of benzene rings is 1. The van der Waals surface area contributed by atoms with E-state index in [4.69, 9.17) is 14.2 Å². The molecule has 1 amide bonds. The number of nitrogens with one attached hydrogen (secondary N) is 1. The molecule has 0 atom stereocenters. The van der Waals surface area contributed by atoms with Crippen molar-refractivity contribution in [1.82, 2.24) is 25.1 Å². The van der Waals surface area contributed by atoms with Crippen molar-refractivity contribution in [3.63, 3.8) is 0 Å². The molecule has 1 aliphatic heterocycles. The lowest BCUT2D eigenvalue weighted by molar-refractivity contribution is -0.131. The van der Waals surface area contributed by atoms with Crippen LogP contribution in [0, 0.1) is 0 Å². The average Bonchev–Trinajstić information content (AvgIpc) is 3.57. The minimum atomic E-state index is -0.0396. The first-order chi connectivity index (χ1) is 20.0. The van der Waals surface area contributed by atoms with Crippen molar-refractivity contribution in [3.8, 4) is 17.1 Å². The van der Waals surface area contributed by atoms with Gasteiger partial charge in [-0.25, -0.2) is 9.97 Å². The summed E-state index contributed by atoms with van der Waals surface area (Å²) in [5.41, 5.74) is 2.46. The predicted molar refractivity (Wildman–Crippen MR) is 159 cm³/mol. The van der Waals surface area contributed by atoms with Gasteiger partial charge in [0, 0.05) is 57.3 Å². The number of carbonyl (C=O) groups is 1. The maximum absolute atomic E-state index is 12.8. The number of H-pyrrole nitrogens is 1. The van der Waals surface area contributed by atoms with E-state index in [1.165, 1.54) is 0 Å². The molecule has 2 aliphatic rings. The Morgan fingerprint density at radius 2 is 1.73 bits per heavy atom. The van der Waals surface area contributed by atoms with Gasteiger partial charge in [-0.3, -0.25) is 9.89 Å². The number of nitrogens with zero attached hydrogens (tertiary/aromatic N) is 5. The van der Waals surface area contributed by atoms with Crippen LogP contribution in [0.4, 0.5) is 5.82 Å². The number of ether oxygens (including phenoxy) is 3. The lowest BCUT2D eigenvalue weighted by Gasteiger charge is -2.35. The highest BCUT2D eigenvalue weighted by atomic mass is 16.5. The highest BCUT2D eigenvalue weighted by Gasteiger charge is 2.40. The zero-order valence-corrected chi connectivity index (χ0v) is 24.6. The molecule has 1 aromatic carbocycles. The van der Waals surface area contributed by atoms with E-state index in [2.05, 4.69) is 38.9 Å². The quantitative estimate of drug-likeness (QED) is 0.243. The summed E-state index contributed by atoms with van der Waals surface area (Å²) in [4.78, 5) is 26.1. The highest BCUT2D eigenvalue weighted by Crippen LogP contribution is 2.40. The number of rotatable bonds is 16. The largest absolute Gasteiger partial charge is 0.488 e. The molecule has 10 nitrogen and oxygen atoms in total. The third-order valence-corrected chi connectivity index (χ3v) is 7.85. The summed E-state index contributed by atoms with van der Waals surface area (Å²) in [6, 6.07) is 8.03. The van der Waals surface area contributed by atoms with Gasteiger partial charge in [0.15, 0.2) is 0 Å². The Hall–Kier alpha value is -3.24. The van der Waals surface area contributed by atoms with Crippen molar-refractivity contribution in [2.75, 3.05) is 57.5 Å². The molecular formula is C31H44N6O4. The van der Waals surface area contributed by atoms with Crippen LogP contribution in [0.25, 0.3) is 22.3 Å². The molecular weight excluding hydrogens is 520 g/mol. The number of carbonyl (C=O) groups excluding carboxylic acids is 1. The molecule has 0 radical (unpaired) electrons. The Bertz CT molecular complexity index is 1270. The fraction of sp³-hybridized carbons (Fsp3) is 0.613. The van der Waals surface area contributed by atoms with Gasteiger partial charge >= 0.3 is 0 Å². The van der Waals surface area contributed by atoms with Crippen LogP contribution in [0.5, 0.6) is 5.75 Å². The Morgan fingerprint density at radius 3 is 2.51 bits per heavy atom. The monoisotopic (exact) mass is 564 g/mol. The first kappa shape index (κ1) is 29.3. The third kappa shape index (κ3) is 8.16. The first-order valence-corrected chi connectivity index (χ1v) is 15.2. The van der Waals surface area contributed by atoms with Crippen LogP contribution < -0.4 is 9.64 Å². The molecule has 1 saturated heterocycles. The molecule has 41 heavy (non-hydrogen) atoms. The molecule has 5 rings (SSSR count). The lowest BCUT2D eigenvalue weighted by atomic mass is 10.1. The van der Waals surface area contributed by atoms with Crippen LogP contribution in [0.2, 0.25) is 0 Å². The molecule has 3 heterocycles. The number of aromatic nitrogens is 4. The summed E-state index contributed by atoms with van der Waals surface area (Å²) in [6.45, 7) is 10.1. The number of fused-ring (bicyclic) bond motifs is 1. The van der Waals surface area contributed by atoms with Crippen LogP contribution >= 0.6 is 0 Å². The highest BCUT2D eigenvalue weighted by molar-refractivity contribution is 5.93. The van der Waals surface area contributed by atoms with E-state index in [-0.39, 0.29) is 11.5 Å². The van der Waals surface area contributed by atoms with Crippen molar-refractivity contribution in [3.05, 3.63) is 30.6 Å². The van der Waals surface area contributed by atoms with Crippen molar-refractivity contribution < 1.29 is 19.0 Å². The first-order valence-electron chi connectivity index (χ1n) is 15.2. The van der Waals surface area contributed by atoms with Crippen LogP contribution in [-0.4, -0.2) is 89.2 Å². The minimum Gasteiger partial charge on any atom is -0.488 e. The maximum Gasteiger partial charge on any atom is 0.222 e. The molecule has 2 aromatic heterocycles. The summed E-state index contributed by atoms with van der Waals surface area (Å²) in [7, 11) is 0. The van der Waals surface area contributed by atoms with Crippen molar-refractivity contribution in [1.29, 1.82) is 0 Å². The van der Waals surface area contributed by atoms with E-state index >= 15 is 0 Å². The fourth-order valence-corrected chi connectivity index (χ4v) is 5.11. The van der Waals surface area contributed by atoms with Crippen LogP contribution in [0.1, 0.15) is 65.2 Å². The van der Waals surface area contributed by atoms with E-state index in [1.54, 1.807) is 6.33 Å². The Kier molecular flexibility index (Phi) is 10.1. The second-order valence-electron chi connectivity index (χ2n) is 11.3. The molecule has 0 bridgehead atoms. The minimum absolute atomic E-state index is 0.0396.